The minimum atomic E-state index is -0.345. The maximum absolute atomic E-state index is 14.4. The number of thiophene rings is 1. The average molecular weight is 448 g/mol. The van der Waals surface area contributed by atoms with Gasteiger partial charge in [-0.05, 0) is 31.9 Å². The molecule has 9 heteroatoms. The smallest absolute Gasteiger partial charge is 0.264 e. The SMILES string of the molecule is COCc1c(C(=O)N2CCC(C(=O)Nc3nc(C)cs3)CC2)sc2cccc(F)c12. The number of nitrogens with one attached hydrogen (secondary N) is 1. The van der Waals surface area contributed by atoms with Crippen molar-refractivity contribution in [2.45, 2.75) is 26.4 Å². The van der Waals surface area contributed by atoms with Gasteiger partial charge in [0.25, 0.3) is 5.91 Å². The van der Waals surface area contributed by atoms with E-state index in [9.17, 15) is 14.0 Å². The van der Waals surface area contributed by atoms with Crippen LogP contribution in [-0.4, -0.2) is 41.9 Å². The van der Waals surface area contributed by atoms with Gasteiger partial charge in [0.15, 0.2) is 5.13 Å². The highest BCUT2D eigenvalue weighted by Gasteiger charge is 2.30. The van der Waals surface area contributed by atoms with Gasteiger partial charge in [-0.3, -0.25) is 9.59 Å². The predicted molar refractivity (Wildman–Crippen MR) is 117 cm³/mol. The summed E-state index contributed by atoms with van der Waals surface area (Å²) in [5.74, 6) is -0.684. The third-order valence-electron chi connectivity index (χ3n) is 5.25. The van der Waals surface area contributed by atoms with E-state index in [2.05, 4.69) is 10.3 Å². The minimum absolute atomic E-state index is 0.0551. The molecule has 0 saturated carbocycles. The van der Waals surface area contributed by atoms with Crippen LogP contribution in [0.3, 0.4) is 0 Å². The number of methoxy groups -OCH3 is 1. The summed E-state index contributed by atoms with van der Waals surface area (Å²) >= 11 is 2.70. The van der Waals surface area contributed by atoms with Gasteiger partial charge < -0.3 is 15.0 Å². The number of hydrogen-bond acceptors (Lipinski definition) is 6. The molecule has 0 unspecified atom stereocenters. The highest BCUT2D eigenvalue weighted by molar-refractivity contribution is 7.21. The van der Waals surface area contributed by atoms with Crippen LogP contribution in [0.1, 0.15) is 33.8 Å². The van der Waals surface area contributed by atoms with E-state index in [1.807, 2.05) is 18.4 Å². The molecule has 3 aromatic rings. The summed E-state index contributed by atoms with van der Waals surface area (Å²) in [6.45, 7) is 3.02. The second kappa shape index (κ2) is 8.79. The number of rotatable bonds is 5. The van der Waals surface area contributed by atoms with E-state index >= 15 is 0 Å². The number of aromatic nitrogens is 1. The Morgan fingerprint density at radius 3 is 2.77 bits per heavy atom. The van der Waals surface area contributed by atoms with Crippen LogP contribution < -0.4 is 5.32 Å². The molecule has 6 nitrogen and oxygen atoms in total. The number of carbonyl (C=O) groups excluding carboxylic acids is 2. The van der Waals surface area contributed by atoms with Gasteiger partial charge in [0.1, 0.15) is 5.82 Å². The van der Waals surface area contributed by atoms with Crippen molar-refractivity contribution in [2.75, 3.05) is 25.5 Å². The molecule has 1 saturated heterocycles. The Bertz CT molecular complexity index is 1090. The Kier molecular flexibility index (Phi) is 6.12. The number of amides is 2. The summed E-state index contributed by atoms with van der Waals surface area (Å²) in [5.41, 5.74) is 1.47. The first kappa shape index (κ1) is 20.9. The molecule has 4 rings (SSSR count). The van der Waals surface area contributed by atoms with E-state index in [-0.39, 0.29) is 30.2 Å². The zero-order valence-corrected chi connectivity index (χ0v) is 18.4. The van der Waals surface area contributed by atoms with Crippen molar-refractivity contribution in [2.24, 2.45) is 5.92 Å². The fourth-order valence-corrected chi connectivity index (χ4v) is 5.61. The molecule has 158 valence electrons. The number of aryl methyl sites for hydroxylation is 1. The summed E-state index contributed by atoms with van der Waals surface area (Å²) in [5, 5.41) is 5.82. The Balaban J connectivity index is 1.46. The van der Waals surface area contributed by atoms with Gasteiger partial charge in [-0.1, -0.05) is 6.07 Å². The molecule has 1 fully saturated rings. The van der Waals surface area contributed by atoms with Crippen LogP contribution in [0.5, 0.6) is 0 Å². The van der Waals surface area contributed by atoms with E-state index in [4.69, 9.17) is 4.74 Å². The third-order valence-corrected chi connectivity index (χ3v) is 7.31. The second-order valence-corrected chi connectivity index (χ2v) is 9.22. The van der Waals surface area contributed by atoms with Crippen LogP contribution in [0, 0.1) is 18.7 Å². The van der Waals surface area contributed by atoms with Crippen LogP contribution in [0.15, 0.2) is 23.6 Å². The largest absolute Gasteiger partial charge is 0.380 e. The summed E-state index contributed by atoms with van der Waals surface area (Å²) < 4.78 is 20.4. The van der Waals surface area contributed by atoms with Crippen molar-refractivity contribution >= 4 is 49.7 Å². The maximum Gasteiger partial charge on any atom is 0.264 e. The number of halogens is 1. The molecule has 2 amide bonds. The Morgan fingerprint density at radius 1 is 1.33 bits per heavy atom. The number of carbonyl (C=O) groups is 2. The molecule has 0 bridgehead atoms. The molecule has 0 spiro atoms. The molecule has 0 aliphatic carbocycles. The topological polar surface area (TPSA) is 71.5 Å². The minimum Gasteiger partial charge on any atom is -0.380 e. The second-order valence-electron chi connectivity index (χ2n) is 7.31. The number of fused-ring (bicyclic) bond motifs is 1. The lowest BCUT2D eigenvalue weighted by molar-refractivity contribution is -0.121. The average Bonchev–Trinajstić information content (AvgIpc) is 3.32. The van der Waals surface area contributed by atoms with E-state index in [1.165, 1.54) is 35.8 Å². The van der Waals surface area contributed by atoms with Gasteiger partial charge in [-0.25, -0.2) is 9.37 Å². The molecule has 1 aromatic carbocycles. The van der Waals surface area contributed by atoms with Crippen molar-refractivity contribution < 1.29 is 18.7 Å². The van der Waals surface area contributed by atoms with Gasteiger partial charge in [0.2, 0.25) is 5.91 Å². The number of thiazole rings is 1. The molecule has 2 aromatic heterocycles. The molecule has 3 heterocycles. The molecule has 30 heavy (non-hydrogen) atoms. The number of piperidine rings is 1. The van der Waals surface area contributed by atoms with E-state index < -0.39 is 0 Å². The predicted octanol–water partition coefficient (Wildman–Crippen LogP) is 4.44. The van der Waals surface area contributed by atoms with E-state index in [0.29, 0.717) is 46.9 Å². The highest BCUT2D eigenvalue weighted by Crippen LogP contribution is 2.35. The van der Waals surface area contributed by atoms with Crippen molar-refractivity contribution in [3.63, 3.8) is 0 Å². The lowest BCUT2D eigenvalue weighted by Gasteiger charge is -2.31. The molecule has 0 radical (unpaired) electrons. The first-order valence-electron chi connectivity index (χ1n) is 9.69. The molecule has 1 N–H and O–H groups in total. The first-order chi connectivity index (χ1) is 14.5. The number of anilines is 1. The maximum atomic E-state index is 14.4. The highest BCUT2D eigenvalue weighted by atomic mass is 32.1. The van der Waals surface area contributed by atoms with E-state index in [1.54, 1.807) is 11.0 Å². The Morgan fingerprint density at radius 2 is 2.10 bits per heavy atom. The number of ether oxygens (including phenoxy) is 1. The molecular formula is C21H22FN3O3S2. The number of hydrogen-bond donors (Lipinski definition) is 1. The first-order valence-corrected chi connectivity index (χ1v) is 11.4. The van der Waals surface area contributed by atoms with Gasteiger partial charge in [0, 0.05) is 47.1 Å². The van der Waals surface area contributed by atoms with Crippen LogP contribution >= 0.6 is 22.7 Å². The van der Waals surface area contributed by atoms with Crippen molar-refractivity contribution in [3.8, 4) is 0 Å². The monoisotopic (exact) mass is 447 g/mol. The quantitative estimate of drug-likeness (QED) is 0.628. The lowest BCUT2D eigenvalue weighted by atomic mass is 9.95. The molecule has 0 atom stereocenters. The lowest BCUT2D eigenvalue weighted by Crippen LogP contribution is -2.41. The molecular weight excluding hydrogens is 425 g/mol. The summed E-state index contributed by atoms with van der Waals surface area (Å²) in [7, 11) is 1.53. The van der Waals surface area contributed by atoms with Gasteiger partial charge in [-0.15, -0.1) is 22.7 Å². The molecule has 1 aliphatic heterocycles. The zero-order chi connectivity index (χ0) is 21.3. The van der Waals surface area contributed by atoms with Crippen LogP contribution in [0.25, 0.3) is 10.1 Å². The van der Waals surface area contributed by atoms with Crippen LogP contribution in [0.2, 0.25) is 0 Å². The summed E-state index contributed by atoms with van der Waals surface area (Å²) in [4.78, 5) is 32.2. The zero-order valence-electron chi connectivity index (χ0n) is 16.7. The van der Waals surface area contributed by atoms with Gasteiger partial charge in [0.05, 0.1) is 17.2 Å². The Labute approximate surface area is 181 Å². The summed E-state index contributed by atoms with van der Waals surface area (Å²) in [6, 6.07) is 4.86. The van der Waals surface area contributed by atoms with E-state index in [0.717, 1.165) is 10.4 Å². The van der Waals surface area contributed by atoms with Gasteiger partial charge in [-0.2, -0.15) is 0 Å². The molecule has 1 aliphatic rings. The number of likely N-dealkylation sites (tertiary alicyclic amines) is 1. The normalized spacial score (nSPS) is 15.0. The Hall–Kier alpha value is -2.36. The fourth-order valence-electron chi connectivity index (χ4n) is 3.73. The number of nitrogens with zero attached hydrogens (tertiary/aromatic N) is 2. The van der Waals surface area contributed by atoms with Gasteiger partial charge >= 0.3 is 0 Å². The fraction of sp³-hybridized carbons (Fsp3) is 0.381. The number of benzene rings is 1. The van der Waals surface area contributed by atoms with Crippen LogP contribution in [-0.2, 0) is 16.1 Å². The van der Waals surface area contributed by atoms with Crippen molar-refractivity contribution in [1.82, 2.24) is 9.88 Å². The third kappa shape index (κ3) is 4.10. The van der Waals surface area contributed by atoms with Crippen molar-refractivity contribution in [3.05, 3.63) is 45.5 Å². The van der Waals surface area contributed by atoms with Crippen molar-refractivity contribution in [1.29, 1.82) is 0 Å². The standard InChI is InChI=1S/C21H22FN3O3S2/c1-12-11-29-21(23-12)24-19(26)13-6-8-25(9-7-13)20(27)18-14(10-28-2)17-15(22)4-3-5-16(17)30-18/h3-5,11,13H,6-10H2,1-2H3,(H,23,24,26). The summed E-state index contributed by atoms with van der Waals surface area (Å²) in [6.07, 6.45) is 1.17. The van der Waals surface area contributed by atoms with Crippen LogP contribution in [0.4, 0.5) is 9.52 Å².